The van der Waals surface area contributed by atoms with Gasteiger partial charge in [-0.15, -0.1) is 0 Å². The molecule has 2 aromatic carbocycles. The second-order valence-corrected chi connectivity index (χ2v) is 8.40. The Balaban J connectivity index is 1.37. The van der Waals surface area contributed by atoms with Crippen molar-refractivity contribution in [2.75, 3.05) is 19.0 Å². The third-order valence-corrected chi connectivity index (χ3v) is 5.89. The molecule has 0 unspecified atom stereocenters. The Bertz CT molecular complexity index is 1090. The van der Waals surface area contributed by atoms with E-state index in [0.29, 0.717) is 5.92 Å². The zero-order chi connectivity index (χ0) is 22.0. The highest BCUT2D eigenvalue weighted by Gasteiger charge is 2.24. The second kappa shape index (κ2) is 8.96. The monoisotopic (exact) mass is 424 g/mol. The van der Waals surface area contributed by atoms with Gasteiger partial charge in [0.1, 0.15) is 11.6 Å². The summed E-state index contributed by atoms with van der Waals surface area (Å²) in [6, 6.07) is 11.3. The number of rotatable bonds is 5. The third kappa shape index (κ3) is 4.81. The number of hydrogen-bond donors (Lipinski definition) is 1. The van der Waals surface area contributed by atoms with Crippen molar-refractivity contribution >= 4 is 22.6 Å². The number of carbonyl (C=O) groups is 1. The molecule has 0 saturated heterocycles. The number of carbonyl (C=O) groups excluding carboxylic acids is 1. The van der Waals surface area contributed by atoms with Gasteiger partial charge in [-0.3, -0.25) is 4.79 Å². The topological polar surface area (TPSA) is 58.1 Å². The summed E-state index contributed by atoms with van der Waals surface area (Å²) in [5.41, 5.74) is 1.09. The quantitative estimate of drug-likeness (QED) is 0.655. The molecule has 0 bridgehead atoms. The number of nitrogens with one attached hydrogen (secondary N) is 1. The zero-order valence-electron chi connectivity index (χ0n) is 17.7. The molecule has 1 aliphatic carbocycles. The Hall–Kier alpha value is -3.09. The van der Waals surface area contributed by atoms with E-state index in [2.05, 4.69) is 5.32 Å². The van der Waals surface area contributed by atoms with Crippen molar-refractivity contribution in [3.05, 3.63) is 65.5 Å². The number of fused-ring (bicyclic) bond motifs is 1. The fraction of sp³-hybridized carbons (Fsp3) is 0.375. The summed E-state index contributed by atoms with van der Waals surface area (Å²) in [6.07, 6.45) is 4.39. The Kier molecular flexibility index (Phi) is 6.11. The molecule has 0 radical (unpaired) electrons. The molecule has 0 aliphatic heterocycles. The minimum atomic E-state index is -1.01. The van der Waals surface area contributed by atoms with Crippen LogP contribution < -0.4 is 10.2 Å². The van der Waals surface area contributed by atoms with Gasteiger partial charge in [0.15, 0.2) is 11.6 Å². The Morgan fingerprint density at radius 1 is 1.03 bits per heavy atom. The Morgan fingerprint density at radius 2 is 1.77 bits per heavy atom. The fourth-order valence-electron chi connectivity index (χ4n) is 4.21. The lowest BCUT2D eigenvalue weighted by Gasteiger charge is -2.29. The fourth-order valence-corrected chi connectivity index (χ4v) is 4.21. The molecule has 5 nitrogen and oxygen atoms in total. The molecule has 1 saturated carbocycles. The summed E-state index contributed by atoms with van der Waals surface area (Å²) in [6.45, 7) is 0. The molecule has 1 aromatic heterocycles. The van der Waals surface area contributed by atoms with E-state index in [9.17, 15) is 13.6 Å². The van der Waals surface area contributed by atoms with Gasteiger partial charge < -0.3 is 10.2 Å². The molecule has 4 rings (SSSR count). The molecule has 1 fully saturated rings. The Labute approximate surface area is 180 Å². The molecule has 1 heterocycles. The number of anilines is 1. The molecule has 3 aromatic rings. The molecular formula is C24H26F2N4O. The smallest absolute Gasteiger partial charge is 0.251 e. The lowest BCUT2D eigenvalue weighted by atomic mass is 9.84. The molecule has 7 heteroatoms. The van der Waals surface area contributed by atoms with Crippen LogP contribution in [0.15, 0.2) is 42.5 Å². The summed E-state index contributed by atoms with van der Waals surface area (Å²) in [5, 5.41) is 3.99. The largest absolute Gasteiger partial charge is 0.362 e. The average Bonchev–Trinajstić information content (AvgIpc) is 2.76. The normalized spacial score (nSPS) is 18.7. The van der Waals surface area contributed by atoms with Gasteiger partial charge in [-0.05, 0) is 61.9 Å². The van der Waals surface area contributed by atoms with Crippen molar-refractivity contribution < 1.29 is 13.6 Å². The third-order valence-electron chi connectivity index (χ3n) is 5.89. The molecule has 1 N–H and O–H groups in total. The summed E-state index contributed by atoms with van der Waals surface area (Å²) >= 11 is 0. The lowest BCUT2D eigenvalue weighted by molar-refractivity contribution is 0.0921. The van der Waals surface area contributed by atoms with Crippen LogP contribution in [0.3, 0.4) is 0 Å². The van der Waals surface area contributed by atoms with E-state index in [0.717, 1.165) is 66.8 Å². The molecule has 31 heavy (non-hydrogen) atoms. The van der Waals surface area contributed by atoms with Crippen molar-refractivity contribution in [3.8, 4) is 0 Å². The van der Waals surface area contributed by atoms with E-state index in [-0.39, 0.29) is 17.5 Å². The van der Waals surface area contributed by atoms with Gasteiger partial charge in [-0.1, -0.05) is 12.1 Å². The number of halogens is 2. The van der Waals surface area contributed by atoms with Gasteiger partial charge in [0.2, 0.25) is 0 Å². The predicted molar refractivity (Wildman–Crippen MR) is 117 cm³/mol. The summed E-state index contributed by atoms with van der Waals surface area (Å²) in [7, 11) is 3.97. The second-order valence-electron chi connectivity index (χ2n) is 8.40. The van der Waals surface area contributed by atoms with Gasteiger partial charge in [0, 0.05) is 37.5 Å². The van der Waals surface area contributed by atoms with Crippen LogP contribution in [0.1, 0.15) is 41.9 Å². The number of amides is 1. The molecule has 1 amide bonds. The van der Waals surface area contributed by atoms with Crippen LogP contribution in [0, 0.1) is 17.6 Å². The number of nitrogens with zero attached hydrogens (tertiary/aromatic N) is 3. The first kappa shape index (κ1) is 21.2. The van der Waals surface area contributed by atoms with Crippen LogP contribution in [0.2, 0.25) is 0 Å². The molecule has 0 atom stereocenters. The number of para-hydroxylation sites is 1. The first-order valence-electron chi connectivity index (χ1n) is 10.6. The van der Waals surface area contributed by atoms with E-state index in [1.807, 2.05) is 43.3 Å². The lowest BCUT2D eigenvalue weighted by Crippen LogP contribution is -2.38. The molecule has 1 aliphatic rings. The van der Waals surface area contributed by atoms with Crippen molar-refractivity contribution in [1.29, 1.82) is 0 Å². The van der Waals surface area contributed by atoms with Crippen LogP contribution in [-0.2, 0) is 6.42 Å². The van der Waals surface area contributed by atoms with Crippen molar-refractivity contribution in [2.45, 2.75) is 38.1 Å². The predicted octanol–water partition coefficient (Wildman–Crippen LogP) is 4.51. The number of aromatic nitrogens is 2. The van der Waals surface area contributed by atoms with Gasteiger partial charge >= 0.3 is 0 Å². The van der Waals surface area contributed by atoms with Gasteiger partial charge in [0.25, 0.3) is 5.91 Å². The number of hydrogen-bond acceptors (Lipinski definition) is 4. The standard InChI is InChI=1S/C24H26F2N4O/c1-30(2)23-18-5-3-4-6-21(18)28-22(29-23)13-15-7-10-17(11-8-15)27-24(31)16-9-12-19(25)20(26)14-16/h3-6,9,12,14-15,17H,7-8,10-11,13H2,1-2H3,(H,27,31). The van der Waals surface area contributed by atoms with E-state index < -0.39 is 11.6 Å². The average molecular weight is 424 g/mol. The van der Waals surface area contributed by atoms with Crippen molar-refractivity contribution in [1.82, 2.24) is 15.3 Å². The van der Waals surface area contributed by atoms with Crippen molar-refractivity contribution in [3.63, 3.8) is 0 Å². The van der Waals surface area contributed by atoms with Gasteiger partial charge in [0.05, 0.1) is 5.52 Å². The van der Waals surface area contributed by atoms with Crippen LogP contribution in [0.4, 0.5) is 14.6 Å². The zero-order valence-corrected chi connectivity index (χ0v) is 17.7. The van der Waals surface area contributed by atoms with E-state index in [4.69, 9.17) is 9.97 Å². The van der Waals surface area contributed by atoms with E-state index in [1.54, 1.807) is 0 Å². The first-order valence-corrected chi connectivity index (χ1v) is 10.6. The van der Waals surface area contributed by atoms with Crippen LogP contribution in [0.5, 0.6) is 0 Å². The highest BCUT2D eigenvalue weighted by molar-refractivity contribution is 5.94. The van der Waals surface area contributed by atoms with Gasteiger partial charge in [-0.25, -0.2) is 18.7 Å². The first-order chi connectivity index (χ1) is 14.9. The molecule has 162 valence electrons. The maximum Gasteiger partial charge on any atom is 0.251 e. The highest BCUT2D eigenvalue weighted by atomic mass is 19.2. The molecule has 0 spiro atoms. The highest BCUT2D eigenvalue weighted by Crippen LogP contribution is 2.29. The van der Waals surface area contributed by atoms with Crippen LogP contribution in [-0.4, -0.2) is 36.0 Å². The maximum absolute atomic E-state index is 13.4. The number of benzene rings is 2. The summed E-state index contributed by atoms with van der Waals surface area (Å²) < 4.78 is 26.5. The maximum atomic E-state index is 13.4. The van der Waals surface area contributed by atoms with E-state index >= 15 is 0 Å². The van der Waals surface area contributed by atoms with Gasteiger partial charge in [-0.2, -0.15) is 0 Å². The minimum absolute atomic E-state index is 0.0340. The van der Waals surface area contributed by atoms with Crippen molar-refractivity contribution in [2.24, 2.45) is 5.92 Å². The summed E-state index contributed by atoms with van der Waals surface area (Å²) in [5.74, 6) is -0.109. The van der Waals surface area contributed by atoms with Crippen LogP contribution >= 0.6 is 0 Å². The molecular weight excluding hydrogens is 398 g/mol. The van der Waals surface area contributed by atoms with E-state index in [1.165, 1.54) is 6.07 Å². The minimum Gasteiger partial charge on any atom is -0.362 e. The SMILES string of the molecule is CN(C)c1nc(CC2CCC(NC(=O)c3ccc(F)c(F)c3)CC2)nc2ccccc12. The summed E-state index contributed by atoms with van der Waals surface area (Å²) in [4.78, 5) is 23.9. The van der Waals surface area contributed by atoms with Crippen LogP contribution in [0.25, 0.3) is 10.9 Å². The Morgan fingerprint density at radius 3 is 2.48 bits per heavy atom.